The van der Waals surface area contributed by atoms with Crippen molar-refractivity contribution < 1.29 is 14.3 Å². The summed E-state index contributed by atoms with van der Waals surface area (Å²) < 4.78 is 11.4. The van der Waals surface area contributed by atoms with Gasteiger partial charge in [0.1, 0.15) is 24.7 Å². The van der Waals surface area contributed by atoms with Crippen molar-refractivity contribution in [2.45, 2.75) is 19.8 Å². The van der Waals surface area contributed by atoms with E-state index in [0.29, 0.717) is 30.0 Å². The van der Waals surface area contributed by atoms with Crippen molar-refractivity contribution in [2.24, 2.45) is 16.0 Å². The molecule has 2 aromatic rings. The Balaban J connectivity index is 1.20. The third kappa shape index (κ3) is 5.40. The fraction of sp³-hybridized carbons (Fsp3) is 0.308. The number of amidine groups is 3. The smallest absolute Gasteiger partial charge is 0.283 e. The number of carbonyl (C=O) groups excluding carboxylic acids is 1. The Morgan fingerprint density at radius 1 is 1.00 bits per heavy atom. The molecular weight excluding hydrogens is 462 g/mol. The van der Waals surface area contributed by atoms with E-state index in [9.17, 15) is 4.79 Å². The summed E-state index contributed by atoms with van der Waals surface area (Å²) in [6.07, 6.45) is 3.91. The zero-order valence-electron chi connectivity index (χ0n) is 19.5. The number of amides is 1. The molecule has 0 atom stereocenters. The Morgan fingerprint density at radius 2 is 1.66 bits per heavy atom. The molecule has 1 N–H and O–H groups in total. The normalized spacial score (nSPS) is 19.5. The lowest BCUT2D eigenvalue weighted by atomic mass is 10.00. The average Bonchev–Trinajstić information content (AvgIpc) is 3.30. The summed E-state index contributed by atoms with van der Waals surface area (Å²) in [6.45, 7) is 4.99. The first kappa shape index (κ1) is 23.2. The Kier molecular flexibility index (Phi) is 6.85. The summed E-state index contributed by atoms with van der Waals surface area (Å²) >= 11 is 1.36. The van der Waals surface area contributed by atoms with Gasteiger partial charge in [0, 0.05) is 13.1 Å². The molecule has 0 aromatic heterocycles. The van der Waals surface area contributed by atoms with Crippen molar-refractivity contribution in [3.8, 4) is 11.5 Å². The molecule has 3 heterocycles. The second kappa shape index (κ2) is 10.4. The van der Waals surface area contributed by atoms with Crippen molar-refractivity contribution in [3.63, 3.8) is 0 Å². The summed E-state index contributed by atoms with van der Waals surface area (Å²) in [7, 11) is 0. The van der Waals surface area contributed by atoms with Gasteiger partial charge in [-0.1, -0.05) is 37.3 Å². The van der Waals surface area contributed by atoms with E-state index >= 15 is 0 Å². The van der Waals surface area contributed by atoms with E-state index in [0.717, 1.165) is 42.4 Å². The monoisotopic (exact) mass is 489 g/mol. The van der Waals surface area contributed by atoms with Crippen LogP contribution in [0.4, 0.5) is 0 Å². The van der Waals surface area contributed by atoms with Crippen molar-refractivity contribution in [1.82, 2.24) is 9.91 Å². The number of ether oxygens (including phenoxy) is 2. The highest BCUT2D eigenvalue weighted by Gasteiger charge is 2.37. The number of piperidine rings is 1. The first-order valence-electron chi connectivity index (χ1n) is 11.7. The molecular formula is C26H27N5O3S. The van der Waals surface area contributed by atoms with Crippen LogP contribution in [-0.2, 0) is 4.79 Å². The number of hydrazone groups is 1. The molecule has 0 spiro atoms. The molecule has 0 unspecified atom stereocenters. The van der Waals surface area contributed by atoms with Gasteiger partial charge in [-0.25, -0.2) is 0 Å². The van der Waals surface area contributed by atoms with Crippen LogP contribution >= 0.6 is 11.8 Å². The Morgan fingerprint density at radius 3 is 2.34 bits per heavy atom. The number of para-hydroxylation sites is 1. The Labute approximate surface area is 208 Å². The van der Waals surface area contributed by atoms with Crippen LogP contribution < -0.4 is 9.47 Å². The van der Waals surface area contributed by atoms with E-state index in [2.05, 4.69) is 21.9 Å². The largest absolute Gasteiger partial charge is 0.490 e. The number of benzene rings is 2. The second-order valence-electron chi connectivity index (χ2n) is 8.65. The molecule has 3 aliphatic rings. The summed E-state index contributed by atoms with van der Waals surface area (Å²) in [6, 6.07) is 17.0. The van der Waals surface area contributed by atoms with Crippen LogP contribution in [0.2, 0.25) is 0 Å². The molecule has 1 saturated heterocycles. The molecule has 8 nitrogen and oxygen atoms in total. The van der Waals surface area contributed by atoms with Gasteiger partial charge in [-0.15, -0.1) is 5.10 Å². The molecule has 0 saturated carbocycles. The number of hydrogen-bond acceptors (Lipinski definition) is 7. The SMILES string of the molecule is CC1CCN(C2=NN3C(=N)/C(=C/c4ccc(OCCOc5ccccc5)cc4)C(=O)N=C3S2)CC1. The van der Waals surface area contributed by atoms with Gasteiger partial charge in [-0.3, -0.25) is 10.2 Å². The highest BCUT2D eigenvalue weighted by atomic mass is 32.2. The zero-order valence-corrected chi connectivity index (χ0v) is 20.3. The van der Waals surface area contributed by atoms with E-state index in [1.54, 1.807) is 6.08 Å². The van der Waals surface area contributed by atoms with Crippen molar-refractivity contribution in [1.29, 1.82) is 5.41 Å². The Hall–Kier alpha value is -3.59. The van der Waals surface area contributed by atoms with Crippen molar-refractivity contribution in [3.05, 3.63) is 65.7 Å². The van der Waals surface area contributed by atoms with Gasteiger partial charge in [0.05, 0.1) is 5.57 Å². The minimum absolute atomic E-state index is 0.0475. The molecule has 5 rings (SSSR count). The van der Waals surface area contributed by atoms with Gasteiger partial charge >= 0.3 is 0 Å². The first-order valence-corrected chi connectivity index (χ1v) is 12.5. The van der Waals surface area contributed by atoms with Gasteiger partial charge in [-0.05, 0) is 66.4 Å². The Bertz CT molecular complexity index is 1190. The highest BCUT2D eigenvalue weighted by molar-refractivity contribution is 8.26. The lowest BCUT2D eigenvalue weighted by molar-refractivity contribution is -0.114. The van der Waals surface area contributed by atoms with E-state index in [4.69, 9.17) is 14.9 Å². The molecule has 35 heavy (non-hydrogen) atoms. The van der Waals surface area contributed by atoms with Gasteiger partial charge in [0.15, 0.2) is 11.0 Å². The first-order chi connectivity index (χ1) is 17.1. The number of nitrogens with one attached hydrogen (secondary N) is 1. The molecule has 0 radical (unpaired) electrons. The molecule has 3 aliphatic heterocycles. The summed E-state index contributed by atoms with van der Waals surface area (Å²) in [5.74, 6) is 1.85. The van der Waals surface area contributed by atoms with Crippen LogP contribution in [0.25, 0.3) is 6.08 Å². The number of likely N-dealkylation sites (tertiary alicyclic amines) is 1. The summed E-state index contributed by atoms with van der Waals surface area (Å²) in [4.78, 5) is 19.1. The van der Waals surface area contributed by atoms with Crippen LogP contribution in [0, 0.1) is 11.3 Å². The quantitative estimate of drug-likeness (QED) is 0.476. The van der Waals surface area contributed by atoms with Gasteiger partial charge in [-0.2, -0.15) is 10.0 Å². The molecule has 9 heteroatoms. The average molecular weight is 490 g/mol. The predicted octanol–water partition coefficient (Wildman–Crippen LogP) is 4.45. The lowest BCUT2D eigenvalue weighted by Gasteiger charge is -2.30. The fourth-order valence-corrected chi connectivity index (χ4v) is 4.92. The lowest BCUT2D eigenvalue weighted by Crippen LogP contribution is -2.36. The molecule has 180 valence electrons. The molecule has 1 fully saturated rings. The second-order valence-corrected chi connectivity index (χ2v) is 9.59. The number of rotatable bonds is 6. The van der Waals surface area contributed by atoms with E-state index < -0.39 is 5.91 Å². The minimum Gasteiger partial charge on any atom is -0.490 e. The highest BCUT2D eigenvalue weighted by Crippen LogP contribution is 2.31. The maximum absolute atomic E-state index is 12.7. The predicted molar refractivity (Wildman–Crippen MR) is 139 cm³/mol. The van der Waals surface area contributed by atoms with Crippen LogP contribution in [0.3, 0.4) is 0 Å². The standard InChI is InChI=1S/C26H27N5O3S/c1-18-11-13-30(14-12-18)26-29-31-23(27)22(24(32)28-25(31)35-26)17-19-7-9-21(10-8-19)34-16-15-33-20-5-3-2-4-6-20/h2-10,17-18,27H,11-16H2,1H3/b22-17-,27-23?. The number of hydrogen-bond donors (Lipinski definition) is 1. The minimum atomic E-state index is -0.421. The van der Waals surface area contributed by atoms with E-state index in [1.165, 1.54) is 16.8 Å². The van der Waals surface area contributed by atoms with Crippen LogP contribution in [0.1, 0.15) is 25.3 Å². The number of thioether (sulfide) groups is 1. The summed E-state index contributed by atoms with van der Waals surface area (Å²) in [5.41, 5.74) is 1.00. The zero-order chi connectivity index (χ0) is 24.2. The molecule has 1 amide bonds. The molecule has 0 aliphatic carbocycles. The van der Waals surface area contributed by atoms with Gasteiger partial charge < -0.3 is 14.4 Å². The maximum atomic E-state index is 12.7. The van der Waals surface area contributed by atoms with E-state index in [-0.39, 0.29) is 11.4 Å². The number of aliphatic imine (C=N–C) groups is 1. The van der Waals surface area contributed by atoms with Crippen molar-refractivity contribution >= 4 is 39.9 Å². The van der Waals surface area contributed by atoms with Crippen molar-refractivity contribution in [2.75, 3.05) is 26.3 Å². The fourth-order valence-electron chi connectivity index (χ4n) is 3.97. The van der Waals surface area contributed by atoms with Crippen LogP contribution in [-0.4, -0.2) is 58.3 Å². The number of nitrogens with zero attached hydrogens (tertiary/aromatic N) is 4. The van der Waals surface area contributed by atoms with Gasteiger partial charge in [0.25, 0.3) is 5.91 Å². The van der Waals surface area contributed by atoms with Gasteiger partial charge in [0.2, 0.25) is 5.17 Å². The maximum Gasteiger partial charge on any atom is 0.283 e. The van der Waals surface area contributed by atoms with Crippen LogP contribution in [0.15, 0.2) is 70.3 Å². The molecule has 0 bridgehead atoms. The van der Waals surface area contributed by atoms with E-state index in [1.807, 2.05) is 54.6 Å². The summed E-state index contributed by atoms with van der Waals surface area (Å²) in [5, 5.41) is 15.9. The number of fused-ring (bicyclic) bond motifs is 1. The number of carbonyl (C=O) groups is 1. The third-order valence-corrected chi connectivity index (χ3v) is 7.02. The third-order valence-electron chi connectivity index (χ3n) is 6.05. The topological polar surface area (TPSA) is 90.6 Å². The van der Waals surface area contributed by atoms with Crippen LogP contribution in [0.5, 0.6) is 11.5 Å². The molecule has 2 aromatic carbocycles.